The summed E-state index contributed by atoms with van der Waals surface area (Å²) in [5.74, 6) is 0. The highest BCUT2D eigenvalue weighted by atomic mass is 14.8. The Balaban J connectivity index is 1.94. The van der Waals surface area contributed by atoms with Crippen molar-refractivity contribution in [1.82, 2.24) is 9.97 Å². The first kappa shape index (κ1) is 16.0. The summed E-state index contributed by atoms with van der Waals surface area (Å²) in [7, 11) is 0. The van der Waals surface area contributed by atoms with Crippen LogP contribution in [-0.4, -0.2) is 9.97 Å². The average Bonchev–Trinajstić information content (AvgIpc) is 3.01. The van der Waals surface area contributed by atoms with E-state index < -0.39 is 5.41 Å². The van der Waals surface area contributed by atoms with Crippen molar-refractivity contribution in [2.24, 2.45) is 0 Å². The second-order valence-corrected chi connectivity index (χ2v) is 7.28. The SMILES string of the molecule is Cc1ccc(C2(c3ccc(C)cc3)c3cccnc3-c3ncccc32)cc1. The predicted molar refractivity (Wildman–Crippen MR) is 109 cm³/mol. The zero-order valence-corrected chi connectivity index (χ0v) is 15.5. The minimum atomic E-state index is -0.394. The quantitative estimate of drug-likeness (QED) is 0.423. The molecule has 0 radical (unpaired) electrons. The predicted octanol–water partition coefficient (Wildman–Crippen LogP) is 5.46. The Morgan fingerprint density at radius 2 is 0.963 bits per heavy atom. The summed E-state index contributed by atoms with van der Waals surface area (Å²) in [5, 5.41) is 0. The zero-order valence-electron chi connectivity index (χ0n) is 15.5. The Hall–Kier alpha value is -3.26. The van der Waals surface area contributed by atoms with E-state index in [1.807, 2.05) is 24.5 Å². The number of rotatable bonds is 2. The van der Waals surface area contributed by atoms with Crippen LogP contribution < -0.4 is 0 Å². The van der Waals surface area contributed by atoms with E-state index in [2.05, 4.69) is 74.5 Å². The van der Waals surface area contributed by atoms with Crippen LogP contribution in [0.5, 0.6) is 0 Å². The molecule has 0 bridgehead atoms. The van der Waals surface area contributed by atoms with Crippen molar-refractivity contribution in [3.63, 3.8) is 0 Å². The fraction of sp³-hybridized carbons (Fsp3) is 0.120. The van der Waals surface area contributed by atoms with E-state index in [9.17, 15) is 0 Å². The van der Waals surface area contributed by atoms with E-state index in [1.165, 1.54) is 33.4 Å². The monoisotopic (exact) mass is 348 g/mol. The largest absolute Gasteiger partial charge is 0.254 e. The fourth-order valence-electron chi connectivity index (χ4n) is 4.33. The van der Waals surface area contributed by atoms with Crippen molar-refractivity contribution in [3.05, 3.63) is 119 Å². The lowest BCUT2D eigenvalue weighted by Crippen LogP contribution is -2.28. The van der Waals surface area contributed by atoms with Crippen molar-refractivity contribution in [2.45, 2.75) is 19.3 Å². The average molecular weight is 348 g/mol. The summed E-state index contributed by atoms with van der Waals surface area (Å²) < 4.78 is 0. The van der Waals surface area contributed by atoms with E-state index in [-0.39, 0.29) is 0 Å². The van der Waals surface area contributed by atoms with Crippen LogP contribution in [-0.2, 0) is 5.41 Å². The number of pyridine rings is 2. The first-order chi connectivity index (χ1) is 13.2. The molecule has 2 aromatic carbocycles. The minimum Gasteiger partial charge on any atom is -0.254 e. The number of aromatic nitrogens is 2. The second kappa shape index (κ2) is 5.88. The standard InChI is InChI=1S/C25H20N2/c1-17-7-11-19(12-8-17)25(20-13-9-18(2)10-14-20)21-5-3-15-26-23(21)24-22(25)6-4-16-27-24/h3-16H,1-2H3. The second-order valence-electron chi connectivity index (χ2n) is 7.28. The van der Waals surface area contributed by atoms with Gasteiger partial charge < -0.3 is 0 Å². The van der Waals surface area contributed by atoms with E-state index in [0.717, 1.165) is 11.4 Å². The van der Waals surface area contributed by atoms with E-state index in [0.29, 0.717) is 0 Å². The Morgan fingerprint density at radius 3 is 1.37 bits per heavy atom. The third-order valence-corrected chi connectivity index (χ3v) is 5.62. The molecule has 5 rings (SSSR count). The minimum absolute atomic E-state index is 0.394. The number of benzene rings is 2. The van der Waals surface area contributed by atoms with Gasteiger partial charge >= 0.3 is 0 Å². The summed E-state index contributed by atoms with van der Waals surface area (Å²) >= 11 is 0. The number of hydrogen-bond donors (Lipinski definition) is 0. The van der Waals surface area contributed by atoms with E-state index >= 15 is 0 Å². The molecule has 0 spiro atoms. The van der Waals surface area contributed by atoms with Gasteiger partial charge in [0.25, 0.3) is 0 Å². The van der Waals surface area contributed by atoms with Crippen molar-refractivity contribution in [1.29, 1.82) is 0 Å². The van der Waals surface area contributed by atoms with Crippen molar-refractivity contribution in [3.8, 4) is 11.4 Å². The molecule has 4 aromatic rings. The van der Waals surface area contributed by atoms with Gasteiger partial charge in [0, 0.05) is 12.4 Å². The highest BCUT2D eigenvalue weighted by Gasteiger charge is 2.47. The third kappa shape index (κ3) is 2.20. The molecule has 2 heterocycles. The van der Waals surface area contributed by atoms with Gasteiger partial charge in [0.15, 0.2) is 0 Å². The van der Waals surface area contributed by atoms with Gasteiger partial charge in [-0.3, -0.25) is 9.97 Å². The molecule has 0 saturated heterocycles. The Labute approximate surface area is 159 Å². The molecule has 0 atom stereocenters. The molecule has 1 aliphatic carbocycles. The van der Waals surface area contributed by atoms with Crippen LogP contribution in [0.25, 0.3) is 11.4 Å². The molecule has 2 heteroatoms. The summed E-state index contributed by atoms with van der Waals surface area (Å²) in [4.78, 5) is 9.44. The van der Waals surface area contributed by atoms with Gasteiger partial charge in [-0.2, -0.15) is 0 Å². The first-order valence-electron chi connectivity index (χ1n) is 9.27. The molecule has 0 aliphatic heterocycles. The van der Waals surface area contributed by atoms with Crippen molar-refractivity contribution < 1.29 is 0 Å². The van der Waals surface area contributed by atoms with Crippen LogP contribution >= 0.6 is 0 Å². The molecule has 0 N–H and O–H groups in total. The van der Waals surface area contributed by atoms with Crippen LogP contribution in [0.1, 0.15) is 33.4 Å². The van der Waals surface area contributed by atoms with Crippen LogP contribution in [0.3, 0.4) is 0 Å². The van der Waals surface area contributed by atoms with Gasteiger partial charge in [0.2, 0.25) is 0 Å². The van der Waals surface area contributed by atoms with Crippen LogP contribution in [0.15, 0.2) is 85.2 Å². The molecule has 130 valence electrons. The lowest BCUT2D eigenvalue weighted by atomic mass is 9.68. The van der Waals surface area contributed by atoms with E-state index in [4.69, 9.17) is 9.97 Å². The number of fused-ring (bicyclic) bond motifs is 3. The number of hydrogen-bond acceptors (Lipinski definition) is 2. The van der Waals surface area contributed by atoms with Gasteiger partial charge in [0.05, 0.1) is 16.8 Å². The molecule has 0 amide bonds. The molecular formula is C25H20N2. The Morgan fingerprint density at radius 1 is 0.556 bits per heavy atom. The first-order valence-corrected chi connectivity index (χ1v) is 9.27. The smallest absolute Gasteiger partial charge is 0.0937 e. The highest BCUT2D eigenvalue weighted by molar-refractivity contribution is 5.81. The molecule has 2 nitrogen and oxygen atoms in total. The number of aryl methyl sites for hydroxylation is 2. The van der Waals surface area contributed by atoms with Crippen LogP contribution in [0.2, 0.25) is 0 Å². The summed E-state index contributed by atoms with van der Waals surface area (Å²) in [5.41, 5.74) is 8.98. The normalized spacial score (nSPS) is 13.9. The van der Waals surface area contributed by atoms with Gasteiger partial charge in [-0.1, -0.05) is 71.8 Å². The van der Waals surface area contributed by atoms with E-state index in [1.54, 1.807) is 0 Å². The Kier molecular flexibility index (Phi) is 3.48. The maximum atomic E-state index is 4.72. The van der Waals surface area contributed by atoms with Gasteiger partial charge in [0.1, 0.15) is 0 Å². The molecular weight excluding hydrogens is 328 g/mol. The van der Waals surface area contributed by atoms with Crippen molar-refractivity contribution >= 4 is 0 Å². The lowest BCUT2D eigenvalue weighted by molar-refractivity contribution is 0.763. The van der Waals surface area contributed by atoms with Crippen molar-refractivity contribution in [2.75, 3.05) is 0 Å². The highest BCUT2D eigenvalue weighted by Crippen LogP contribution is 2.54. The third-order valence-electron chi connectivity index (χ3n) is 5.62. The van der Waals surface area contributed by atoms with Gasteiger partial charge in [-0.15, -0.1) is 0 Å². The summed E-state index contributed by atoms with van der Waals surface area (Å²) in [6.45, 7) is 4.25. The molecule has 27 heavy (non-hydrogen) atoms. The van der Waals surface area contributed by atoms with Crippen LogP contribution in [0.4, 0.5) is 0 Å². The molecule has 0 unspecified atom stereocenters. The molecule has 0 saturated carbocycles. The van der Waals surface area contributed by atoms with Gasteiger partial charge in [-0.05, 0) is 48.2 Å². The topological polar surface area (TPSA) is 25.8 Å². The molecule has 1 aliphatic rings. The maximum absolute atomic E-state index is 4.72. The number of nitrogens with zero attached hydrogens (tertiary/aromatic N) is 2. The lowest BCUT2D eigenvalue weighted by Gasteiger charge is -2.33. The summed E-state index contributed by atoms with van der Waals surface area (Å²) in [6.07, 6.45) is 3.72. The van der Waals surface area contributed by atoms with Gasteiger partial charge in [-0.25, -0.2) is 0 Å². The molecule has 2 aromatic heterocycles. The summed E-state index contributed by atoms with van der Waals surface area (Å²) in [6, 6.07) is 26.2. The Bertz CT molecular complexity index is 1030. The maximum Gasteiger partial charge on any atom is 0.0937 e. The molecule has 0 fully saturated rings. The fourth-order valence-corrected chi connectivity index (χ4v) is 4.33. The zero-order chi connectivity index (χ0) is 18.4. The van der Waals surface area contributed by atoms with Crippen LogP contribution in [0, 0.1) is 13.8 Å².